The molecule has 0 heterocycles. The van der Waals surface area contributed by atoms with Crippen LogP contribution in [0.3, 0.4) is 0 Å². The lowest BCUT2D eigenvalue weighted by atomic mass is 9.90. The molecule has 0 radical (unpaired) electrons. The summed E-state index contributed by atoms with van der Waals surface area (Å²) in [6.45, 7) is 1.92. The average molecular weight is 150 g/mol. The van der Waals surface area contributed by atoms with Gasteiger partial charge in [0.25, 0.3) is 0 Å². The van der Waals surface area contributed by atoms with E-state index in [1.807, 2.05) is 13.0 Å². The van der Waals surface area contributed by atoms with Crippen LogP contribution in [-0.4, -0.2) is 6.29 Å². The zero-order chi connectivity index (χ0) is 8.10. The molecular weight excluding hydrogens is 136 g/mol. The van der Waals surface area contributed by atoms with Gasteiger partial charge in [-0.2, -0.15) is 0 Å². The van der Waals surface area contributed by atoms with Gasteiger partial charge in [-0.1, -0.05) is 18.2 Å². The molecule has 0 saturated heterocycles. The third-order valence-corrected chi connectivity index (χ3v) is 2.15. The number of aldehydes is 1. The molecular formula is C10H14O. The van der Waals surface area contributed by atoms with E-state index in [2.05, 4.69) is 12.2 Å². The monoisotopic (exact) mass is 150 g/mol. The number of rotatable bonds is 2. The zero-order valence-electron chi connectivity index (χ0n) is 6.92. The second-order valence-electron chi connectivity index (χ2n) is 2.87. The summed E-state index contributed by atoms with van der Waals surface area (Å²) in [5.41, 5.74) is 0.931. The van der Waals surface area contributed by atoms with Gasteiger partial charge < -0.3 is 0 Å². The van der Waals surface area contributed by atoms with Crippen molar-refractivity contribution < 1.29 is 4.79 Å². The number of hydrogen-bond acceptors (Lipinski definition) is 1. The Morgan fingerprint density at radius 3 is 2.91 bits per heavy atom. The van der Waals surface area contributed by atoms with Gasteiger partial charge in [0.05, 0.1) is 0 Å². The van der Waals surface area contributed by atoms with Crippen molar-refractivity contribution in [1.29, 1.82) is 0 Å². The first-order chi connectivity index (χ1) is 5.38. The minimum absolute atomic E-state index is 0.395. The topological polar surface area (TPSA) is 17.1 Å². The standard InChI is InChI=1S/C10H14O/c1-2-9(8-11)10-6-4-3-5-7-10/h2,4,6,8,10H,3,5,7H2,1H3/b9-2-. The van der Waals surface area contributed by atoms with Gasteiger partial charge in [0, 0.05) is 5.92 Å². The van der Waals surface area contributed by atoms with Crippen LogP contribution in [0.1, 0.15) is 26.2 Å². The molecule has 0 N–H and O–H groups in total. The van der Waals surface area contributed by atoms with E-state index in [4.69, 9.17) is 0 Å². The summed E-state index contributed by atoms with van der Waals surface area (Å²) in [6, 6.07) is 0. The number of carbonyl (C=O) groups excluding carboxylic acids is 1. The highest BCUT2D eigenvalue weighted by atomic mass is 16.1. The third-order valence-electron chi connectivity index (χ3n) is 2.15. The summed E-state index contributed by atoms with van der Waals surface area (Å²) in [4.78, 5) is 10.5. The predicted octanol–water partition coefficient (Wildman–Crippen LogP) is 2.49. The summed E-state index contributed by atoms with van der Waals surface area (Å²) >= 11 is 0. The Balaban J connectivity index is 2.64. The summed E-state index contributed by atoms with van der Waals surface area (Å²) in [5, 5.41) is 0. The highest BCUT2D eigenvalue weighted by Crippen LogP contribution is 2.22. The maximum Gasteiger partial charge on any atom is 0.146 e. The molecule has 1 unspecified atom stereocenters. The predicted molar refractivity (Wildman–Crippen MR) is 46.3 cm³/mol. The first kappa shape index (κ1) is 8.25. The van der Waals surface area contributed by atoms with Gasteiger partial charge in [-0.15, -0.1) is 0 Å². The third kappa shape index (κ3) is 2.04. The lowest BCUT2D eigenvalue weighted by Crippen LogP contribution is -2.05. The van der Waals surface area contributed by atoms with Crippen molar-refractivity contribution in [2.75, 3.05) is 0 Å². The van der Waals surface area contributed by atoms with E-state index in [1.54, 1.807) is 0 Å². The number of carbonyl (C=O) groups is 1. The van der Waals surface area contributed by atoms with E-state index < -0.39 is 0 Å². The summed E-state index contributed by atoms with van der Waals surface area (Å²) in [5.74, 6) is 0.395. The Hall–Kier alpha value is -0.850. The van der Waals surface area contributed by atoms with Gasteiger partial charge in [0.15, 0.2) is 0 Å². The van der Waals surface area contributed by atoms with Gasteiger partial charge in [0.1, 0.15) is 6.29 Å². The van der Waals surface area contributed by atoms with Crippen LogP contribution < -0.4 is 0 Å². The fourth-order valence-corrected chi connectivity index (χ4v) is 1.46. The van der Waals surface area contributed by atoms with Crippen LogP contribution in [0.5, 0.6) is 0 Å². The van der Waals surface area contributed by atoms with Crippen molar-refractivity contribution in [2.45, 2.75) is 26.2 Å². The smallest absolute Gasteiger partial charge is 0.146 e. The van der Waals surface area contributed by atoms with E-state index in [0.29, 0.717) is 5.92 Å². The van der Waals surface area contributed by atoms with E-state index in [9.17, 15) is 4.79 Å². The van der Waals surface area contributed by atoms with E-state index in [-0.39, 0.29) is 0 Å². The molecule has 1 atom stereocenters. The lowest BCUT2D eigenvalue weighted by molar-refractivity contribution is -0.105. The van der Waals surface area contributed by atoms with Crippen LogP contribution in [0.2, 0.25) is 0 Å². The molecule has 0 amide bonds. The summed E-state index contributed by atoms with van der Waals surface area (Å²) in [7, 11) is 0. The fourth-order valence-electron chi connectivity index (χ4n) is 1.46. The lowest BCUT2D eigenvalue weighted by Gasteiger charge is -2.15. The Kier molecular flexibility index (Phi) is 3.09. The van der Waals surface area contributed by atoms with Crippen LogP contribution in [0, 0.1) is 5.92 Å². The molecule has 0 aliphatic heterocycles. The first-order valence-electron chi connectivity index (χ1n) is 4.16. The molecule has 1 rings (SSSR count). The first-order valence-corrected chi connectivity index (χ1v) is 4.16. The van der Waals surface area contributed by atoms with Crippen LogP contribution in [-0.2, 0) is 4.79 Å². The van der Waals surface area contributed by atoms with Crippen LogP contribution in [0.15, 0.2) is 23.8 Å². The molecule has 0 fully saturated rings. The second kappa shape index (κ2) is 4.12. The average Bonchev–Trinajstić information content (AvgIpc) is 2.09. The molecule has 1 aliphatic carbocycles. The van der Waals surface area contributed by atoms with Crippen molar-refractivity contribution >= 4 is 6.29 Å². The maximum absolute atomic E-state index is 10.5. The molecule has 0 aromatic heterocycles. The summed E-state index contributed by atoms with van der Waals surface area (Å²) in [6.07, 6.45) is 10.7. The van der Waals surface area contributed by atoms with Gasteiger partial charge >= 0.3 is 0 Å². The van der Waals surface area contributed by atoms with Crippen molar-refractivity contribution in [2.24, 2.45) is 5.92 Å². The molecule has 1 nitrogen and oxygen atoms in total. The van der Waals surface area contributed by atoms with E-state index >= 15 is 0 Å². The number of hydrogen-bond donors (Lipinski definition) is 0. The van der Waals surface area contributed by atoms with Crippen molar-refractivity contribution in [3.8, 4) is 0 Å². The molecule has 0 aromatic carbocycles. The van der Waals surface area contributed by atoms with E-state index in [0.717, 1.165) is 18.3 Å². The largest absolute Gasteiger partial charge is 0.298 e. The molecule has 0 aromatic rings. The van der Waals surface area contributed by atoms with Gasteiger partial charge in [0.2, 0.25) is 0 Å². The van der Waals surface area contributed by atoms with Crippen LogP contribution in [0.4, 0.5) is 0 Å². The second-order valence-corrected chi connectivity index (χ2v) is 2.87. The maximum atomic E-state index is 10.5. The van der Waals surface area contributed by atoms with Gasteiger partial charge in [-0.05, 0) is 31.8 Å². The Morgan fingerprint density at radius 1 is 1.64 bits per heavy atom. The number of allylic oxidation sites excluding steroid dienone is 4. The molecule has 0 bridgehead atoms. The SMILES string of the molecule is C/C=C(/C=O)C1C=CCCC1. The van der Waals surface area contributed by atoms with Crippen LogP contribution in [0.25, 0.3) is 0 Å². The quantitative estimate of drug-likeness (QED) is 0.336. The van der Waals surface area contributed by atoms with Gasteiger partial charge in [-0.25, -0.2) is 0 Å². The highest BCUT2D eigenvalue weighted by Gasteiger charge is 2.11. The fraction of sp³-hybridized carbons (Fsp3) is 0.500. The summed E-state index contributed by atoms with van der Waals surface area (Å²) < 4.78 is 0. The van der Waals surface area contributed by atoms with E-state index in [1.165, 1.54) is 12.8 Å². The zero-order valence-corrected chi connectivity index (χ0v) is 6.92. The normalized spacial score (nSPS) is 25.2. The van der Waals surface area contributed by atoms with Crippen molar-refractivity contribution in [1.82, 2.24) is 0 Å². The molecule has 60 valence electrons. The Morgan fingerprint density at radius 2 is 2.45 bits per heavy atom. The Bertz CT molecular complexity index is 189. The minimum Gasteiger partial charge on any atom is -0.298 e. The Labute approximate surface area is 67.8 Å². The molecule has 0 spiro atoms. The van der Waals surface area contributed by atoms with Crippen molar-refractivity contribution in [3.05, 3.63) is 23.8 Å². The molecule has 1 heteroatoms. The minimum atomic E-state index is 0.395. The molecule has 11 heavy (non-hydrogen) atoms. The van der Waals surface area contributed by atoms with Gasteiger partial charge in [-0.3, -0.25) is 4.79 Å². The molecule has 0 saturated carbocycles. The van der Waals surface area contributed by atoms with Crippen molar-refractivity contribution in [3.63, 3.8) is 0 Å². The van der Waals surface area contributed by atoms with Crippen LogP contribution >= 0.6 is 0 Å². The molecule has 1 aliphatic rings. The highest BCUT2D eigenvalue weighted by molar-refractivity contribution is 5.74.